The molecule has 2 aliphatic heterocycles. The summed E-state index contributed by atoms with van der Waals surface area (Å²) in [6, 6.07) is 0.849. The van der Waals surface area contributed by atoms with Crippen molar-refractivity contribution in [1.29, 1.82) is 0 Å². The summed E-state index contributed by atoms with van der Waals surface area (Å²) in [7, 11) is 1.89. The van der Waals surface area contributed by atoms with Gasteiger partial charge in [-0.25, -0.2) is 4.98 Å². The fourth-order valence-corrected chi connectivity index (χ4v) is 3.17. The first-order valence-corrected chi connectivity index (χ1v) is 6.78. The maximum atomic E-state index is 12.4. The summed E-state index contributed by atoms with van der Waals surface area (Å²) in [5, 5.41) is 3.52. The van der Waals surface area contributed by atoms with Gasteiger partial charge in [0.05, 0.1) is 6.33 Å². The highest BCUT2D eigenvalue weighted by molar-refractivity contribution is 5.92. The van der Waals surface area contributed by atoms with Crippen LogP contribution < -0.4 is 5.32 Å². The van der Waals surface area contributed by atoms with E-state index in [1.807, 2.05) is 16.5 Å². The summed E-state index contributed by atoms with van der Waals surface area (Å²) in [6.45, 7) is 1.96. The molecule has 1 N–H and O–H groups in total. The minimum atomic E-state index is 0.0896. The van der Waals surface area contributed by atoms with E-state index in [-0.39, 0.29) is 5.91 Å². The minimum Gasteiger partial charge on any atom is -0.340 e. The average Bonchev–Trinajstić information content (AvgIpc) is 3.08. The Bertz CT molecular complexity index is 436. The van der Waals surface area contributed by atoms with E-state index in [2.05, 4.69) is 10.3 Å². The number of hydrogen-bond acceptors (Lipinski definition) is 3. The van der Waals surface area contributed by atoms with Crippen LogP contribution in [-0.4, -0.2) is 45.5 Å². The number of hydrogen-bond donors (Lipinski definition) is 1. The summed E-state index contributed by atoms with van der Waals surface area (Å²) in [4.78, 5) is 18.6. The zero-order chi connectivity index (χ0) is 12.5. The fraction of sp³-hybridized carbons (Fsp3) is 0.692. The number of rotatable bonds is 2. The maximum Gasteiger partial charge on any atom is 0.274 e. The van der Waals surface area contributed by atoms with Crippen molar-refractivity contribution in [1.82, 2.24) is 19.8 Å². The van der Waals surface area contributed by atoms with Gasteiger partial charge in [-0.05, 0) is 32.2 Å². The number of aromatic nitrogens is 2. The van der Waals surface area contributed by atoms with Gasteiger partial charge in [-0.2, -0.15) is 0 Å². The molecule has 3 heterocycles. The number of amides is 1. The summed E-state index contributed by atoms with van der Waals surface area (Å²) in [5.41, 5.74) is 0.572. The molecule has 0 saturated carbocycles. The highest BCUT2D eigenvalue weighted by atomic mass is 16.2. The van der Waals surface area contributed by atoms with Crippen molar-refractivity contribution in [2.75, 3.05) is 13.1 Å². The molecule has 2 aliphatic rings. The molecular formula is C13H20N4O. The van der Waals surface area contributed by atoms with Crippen LogP contribution in [0.25, 0.3) is 0 Å². The quantitative estimate of drug-likeness (QED) is 0.841. The molecule has 98 valence electrons. The monoisotopic (exact) mass is 248 g/mol. The Kier molecular flexibility index (Phi) is 3.07. The number of carbonyl (C=O) groups is 1. The number of nitrogens with zero attached hydrogens (tertiary/aromatic N) is 3. The van der Waals surface area contributed by atoms with E-state index in [1.54, 1.807) is 12.5 Å². The molecule has 5 heteroatoms. The van der Waals surface area contributed by atoms with Crippen LogP contribution in [-0.2, 0) is 7.05 Å². The van der Waals surface area contributed by atoms with Crippen molar-refractivity contribution in [3.63, 3.8) is 0 Å². The van der Waals surface area contributed by atoms with Crippen LogP contribution in [0.2, 0.25) is 0 Å². The Morgan fingerprint density at radius 3 is 3.00 bits per heavy atom. The van der Waals surface area contributed by atoms with Gasteiger partial charge in [0.1, 0.15) is 5.69 Å². The molecule has 0 spiro atoms. The molecule has 3 rings (SSSR count). The zero-order valence-corrected chi connectivity index (χ0v) is 10.8. The maximum absolute atomic E-state index is 12.4. The topological polar surface area (TPSA) is 50.2 Å². The van der Waals surface area contributed by atoms with Crippen molar-refractivity contribution >= 4 is 5.91 Å². The van der Waals surface area contributed by atoms with Gasteiger partial charge < -0.3 is 14.8 Å². The Morgan fingerprint density at radius 1 is 1.44 bits per heavy atom. The molecule has 0 bridgehead atoms. The predicted octanol–water partition coefficient (Wildman–Crippen LogP) is 0.777. The van der Waals surface area contributed by atoms with Crippen LogP contribution in [0, 0.1) is 0 Å². The Morgan fingerprint density at radius 2 is 2.33 bits per heavy atom. The summed E-state index contributed by atoms with van der Waals surface area (Å²) < 4.78 is 1.83. The average molecular weight is 248 g/mol. The first-order chi connectivity index (χ1) is 8.75. The fourth-order valence-electron chi connectivity index (χ4n) is 3.17. The third-order valence-corrected chi connectivity index (χ3v) is 4.05. The SMILES string of the molecule is Cn1cnc(C(=O)N2CCCC2C2CCCN2)c1. The lowest BCUT2D eigenvalue weighted by atomic mass is 10.0. The first-order valence-electron chi connectivity index (χ1n) is 6.78. The number of imidazole rings is 1. The van der Waals surface area contributed by atoms with E-state index in [0.29, 0.717) is 17.8 Å². The summed E-state index contributed by atoms with van der Waals surface area (Å²) >= 11 is 0. The molecule has 2 fully saturated rings. The van der Waals surface area contributed by atoms with Crippen molar-refractivity contribution in [2.45, 2.75) is 37.8 Å². The molecule has 0 aliphatic carbocycles. The third-order valence-electron chi connectivity index (χ3n) is 4.05. The number of likely N-dealkylation sites (tertiary alicyclic amines) is 1. The predicted molar refractivity (Wildman–Crippen MR) is 68.3 cm³/mol. The molecule has 18 heavy (non-hydrogen) atoms. The van der Waals surface area contributed by atoms with E-state index >= 15 is 0 Å². The lowest BCUT2D eigenvalue weighted by Gasteiger charge is -2.29. The van der Waals surface area contributed by atoms with E-state index < -0.39 is 0 Å². The molecule has 0 radical (unpaired) electrons. The highest BCUT2D eigenvalue weighted by Crippen LogP contribution is 2.26. The molecular weight excluding hydrogens is 228 g/mol. The van der Waals surface area contributed by atoms with Crippen LogP contribution in [0.3, 0.4) is 0 Å². The van der Waals surface area contributed by atoms with E-state index in [1.165, 1.54) is 12.8 Å². The molecule has 1 aromatic rings. The van der Waals surface area contributed by atoms with E-state index in [9.17, 15) is 4.79 Å². The lowest BCUT2D eigenvalue weighted by molar-refractivity contribution is 0.0706. The Labute approximate surface area is 107 Å². The molecule has 0 aromatic carbocycles. The molecule has 2 saturated heterocycles. The first kappa shape index (κ1) is 11.7. The second-order valence-corrected chi connectivity index (χ2v) is 5.34. The van der Waals surface area contributed by atoms with Gasteiger partial charge in [0.2, 0.25) is 0 Å². The van der Waals surface area contributed by atoms with Gasteiger partial charge in [0, 0.05) is 31.9 Å². The third kappa shape index (κ3) is 2.03. The van der Waals surface area contributed by atoms with Crippen LogP contribution in [0.15, 0.2) is 12.5 Å². The van der Waals surface area contributed by atoms with Crippen molar-refractivity contribution in [2.24, 2.45) is 7.05 Å². The second-order valence-electron chi connectivity index (χ2n) is 5.34. The molecule has 2 atom stereocenters. The van der Waals surface area contributed by atoms with Crippen LogP contribution in [0.5, 0.6) is 0 Å². The lowest BCUT2D eigenvalue weighted by Crippen LogP contribution is -2.46. The van der Waals surface area contributed by atoms with Gasteiger partial charge in [-0.1, -0.05) is 0 Å². The van der Waals surface area contributed by atoms with Gasteiger partial charge in [-0.3, -0.25) is 4.79 Å². The number of aryl methyl sites for hydroxylation is 1. The standard InChI is InChI=1S/C13H20N4O/c1-16-8-11(15-9-16)13(18)17-7-3-5-12(17)10-4-2-6-14-10/h8-10,12,14H,2-7H2,1H3. The molecule has 1 amide bonds. The van der Waals surface area contributed by atoms with Crippen molar-refractivity contribution in [3.8, 4) is 0 Å². The Hall–Kier alpha value is -1.36. The largest absolute Gasteiger partial charge is 0.340 e. The number of carbonyl (C=O) groups excluding carboxylic acids is 1. The smallest absolute Gasteiger partial charge is 0.274 e. The van der Waals surface area contributed by atoms with Gasteiger partial charge in [-0.15, -0.1) is 0 Å². The van der Waals surface area contributed by atoms with E-state index in [4.69, 9.17) is 0 Å². The van der Waals surface area contributed by atoms with Crippen molar-refractivity contribution < 1.29 is 4.79 Å². The van der Waals surface area contributed by atoms with Gasteiger partial charge in [0.15, 0.2) is 0 Å². The van der Waals surface area contributed by atoms with Gasteiger partial charge >= 0.3 is 0 Å². The molecule has 1 aromatic heterocycles. The number of nitrogens with one attached hydrogen (secondary N) is 1. The second kappa shape index (κ2) is 4.72. The minimum absolute atomic E-state index is 0.0896. The van der Waals surface area contributed by atoms with Gasteiger partial charge in [0.25, 0.3) is 5.91 Å². The highest BCUT2D eigenvalue weighted by Gasteiger charge is 2.36. The van der Waals surface area contributed by atoms with Crippen molar-refractivity contribution in [3.05, 3.63) is 18.2 Å². The summed E-state index contributed by atoms with van der Waals surface area (Å²) in [5.74, 6) is 0.0896. The molecule has 5 nitrogen and oxygen atoms in total. The molecule has 2 unspecified atom stereocenters. The van der Waals surface area contributed by atoms with Crippen LogP contribution in [0.4, 0.5) is 0 Å². The van der Waals surface area contributed by atoms with E-state index in [0.717, 1.165) is 25.9 Å². The Balaban J connectivity index is 1.75. The van der Waals surface area contributed by atoms with Crippen LogP contribution >= 0.6 is 0 Å². The normalized spacial score (nSPS) is 27.9. The zero-order valence-electron chi connectivity index (χ0n) is 10.8. The summed E-state index contributed by atoms with van der Waals surface area (Å²) in [6.07, 6.45) is 8.15. The van der Waals surface area contributed by atoms with Crippen LogP contribution in [0.1, 0.15) is 36.2 Å².